The SMILES string of the molecule is CCN1C(=O)CC(c2cccc(-c3ccccc3)c2C(=O)NC)C1=O. The number of nitrogens with zero attached hydrogens (tertiary/aromatic N) is 1. The van der Waals surface area contributed by atoms with Crippen molar-refractivity contribution in [3.63, 3.8) is 0 Å². The first-order valence-electron chi connectivity index (χ1n) is 8.33. The van der Waals surface area contributed by atoms with Crippen molar-refractivity contribution in [2.45, 2.75) is 19.3 Å². The van der Waals surface area contributed by atoms with Crippen molar-refractivity contribution in [1.82, 2.24) is 10.2 Å². The zero-order valence-corrected chi connectivity index (χ0v) is 14.3. The van der Waals surface area contributed by atoms with E-state index in [1.54, 1.807) is 20.0 Å². The molecular formula is C20H20N2O3. The molecule has 1 fully saturated rings. The second-order valence-electron chi connectivity index (χ2n) is 5.95. The van der Waals surface area contributed by atoms with E-state index in [-0.39, 0.29) is 24.1 Å². The minimum absolute atomic E-state index is 0.106. The second-order valence-corrected chi connectivity index (χ2v) is 5.95. The lowest BCUT2D eigenvalue weighted by Crippen LogP contribution is -2.30. The molecule has 1 saturated heterocycles. The molecule has 1 atom stereocenters. The average Bonchev–Trinajstić information content (AvgIpc) is 2.94. The number of imide groups is 1. The number of carbonyl (C=O) groups excluding carboxylic acids is 3. The number of carbonyl (C=O) groups is 3. The average molecular weight is 336 g/mol. The summed E-state index contributed by atoms with van der Waals surface area (Å²) in [5.74, 6) is -1.29. The Kier molecular flexibility index (Phi) is 4.65. The maximum atomic E-state index is 12.6. The van der Waals surface area contributed by atoms with Crippen LogP contribution >= 0.6 is 0 Å². The first kappa shape index (κ1) is 16.9. The first-order chi connectivity index (χ1) is 12.1. The van der Waals surface area contributed by atoms with Crippen molar-refractivity contribution in [1.29, 1.82) is 0 Å². The van der Waals surface area contributed by atoms with Gasteiger partial charge in [0.05, 0.1) is 11.5 Å². The third-order valence-corrected chi connectivity index (χ3v) is 4.57. The molecule has 0 spiro atoms. The number of rotatable bonds is 4. The zero-order chi connectivity index (χ0) is 18.0. The van der Waals surface area contributed by atoms with Crippen LogP contribution in [0.2, 0.25) is 0 Å². The highest BCUT2D eigenvalue weighted by Gasteiger charge is 2.40. The monoisotopic (exact) mass is 336 g/mol. The quantitative estimate of drug-likeness (QED) is 0.873. The Balaban J connectivity index is 2.16. The molecular weight excluding hydrogens is 316 g/mol. The summed E-state index contributed by atoms with van der Waals surface area (Å²) in [6.07, 6.45) is 0.106. The van der Waals surface area contributed by atoms with Gasteiger partial charge in [0.25, 0.3) is 5.91 Å². The minimum atomic E-state index is -0.608. The summed E-state index contributed by atoms with van der Waals surface area (Å²) in [7, 11) is 1.56. The first-order valence-corrected chi connectivity index (χ1v) is 8.33. The molecule has 1 unspecified atom stereocenters. The highest BCUT2D eigenvalue weighted by molar-refractivity contribution is 6.09. The third-order valence-electron chi connectivity index (χ3n) is 4.57. The van der Waals surface area contributed by atoms with E-state index in [2.05, 4.69) is 5.32 Å². The van der Waals surface area contributed by atoms with Gasteiger partial charge in [0.15, 0.2) is 0 Å². The highest BCUT2D eigenvalue weighted by atomic mass is 16.2. The van der Waals surface area contributed by atoms with Gasteiger partial charge in [-0.15, -0.1) is 0 Å². The molecule has 128 valence electrons. The summed E-state index contributed by atoms with van der Waals surface area (Å²) in [5, 5.41) is 2.66. The number of nitrogens with one attached hydrogen (secondary N) is 1. The molecule has 1 aliphatic rings. The summed E-state index contributed by atoms with van der Waals surface area (Å²) in [6.45, 7) is 2.13. The van der Waals surface area contributed by atoms with Gasteiger partial charge in [-0.05, 0) is 23.6 Å². The lowest BCUT2D eigenvalue weighted by Gasteiger charge is -2.18. The predicted molar refractivity (Wildman–Crippen MR) is 95.0 cm³/mol. The molecule has 5 heteroatoms. The van der Waals surface area contributed by atoms with Crippen molar-refractivity contribution in [3.05, 3.63) is 59.7 Å². The Labute approximate surface area is 146 Å². The largest absolute Gasteiger partial charge is 0.355 e. The fraction of sp³-hybridized carbons (Fsp3) is 0.250. The molecule has 1 heterocycles. The van der Waals surface area contributed by atoms with E-state index in [9.17, 15) is 14.4 Å². The van der Waals surface area contributed by atoms with E-state index < -0.39 is 5.92 Å². The topological polar surface area (TPSA) is 66.5 Å². The normalized spacial score (nSPS) is 17.0. The maximum absolute atomic E-state index is 12.6. The van der Waals surface area contributed by atoms with Gasteiger partial charge in [0, 0.05) is 20.0 Å². The molecule has 0 bridgehead atoms. The fourth-order valence-corrected chi connectivity index (χ4v) is 3.36. The third kappa shape index (κ3) is 2.93. The molecule has 0 radical (unpaired) electrons. The molecule has 1 aliphatic heterocycles. The van der Waals surface area contributed by atoms with Crippen LogP contribution in [0.4, 0.5) is 0 Å². The Hall–Kier alpha value is -2.95. The zero-order valence-electron chi connectivity index (χ0n) is 14.3. The van der Waals surface area contributed by atoms with Crippen molar-refractivity contribution in [2.24, 2.45) is 0 Å². The molecule has 1 N–H and O–H groups in total. The van der Waals surface area contributed by atoms with E-state index in [1.807, 2.05) is 42.5 Å². The number of likely N-dealkylation sites (tertiary alicyclic amines) is 1. The molecule has 0 aromatic heterocycles. The lowest BCUT2D eigenvalue weighted by molar-refractivity contribution is -0.138. The highest BCUT2D eigenvalue weighted by Crippen LogP contribution is 2.36. The Morgan fingerprint density at radius 2 is 1.84 bits per heavy atom. The minimum Gasteiger partial charge on any atom is -0.355 e. The number of hydrogen-bond donors (Lipinski definition) is 1. The Morgan fingerprint density at radius 3 is 2.44 bits per heavy atom. The van der Waals surface area contributed by atoms with Gasteiger partial charge in [-0.25, -0.2) is 0 Å². The second kappa shape index (κ2) is 6.89. The molecule has 3 amide bonds. The van der Waals surface area contributed by atoms with Crippen LogP contribution in [0.1, 0.15) is 35.2 Å². The molecule has 2 aromatic rings. The summed E-state index contributed by atoms with van der Waals surface area (Å²) in [5.41, 5.74) is 2.72. The number of amides is 3. The van der Waals surface area contributed by atoms with Crippen LogP contribution in [0.5, 0.6) is 0 Å². The van der Waals surface area contributed by atoms with Crippen LogP contribution in [0.25, 0.3) is 11.1 Å². The molecule has 3 rings (SSSR count). The van der Waals surface area contributed by atoms with Crippen LogP contribution in [0.15, 0.2) is 48.5 Å². The van der Waals surface area contributed by atoms with Crippen LogP contribution in [0, 0.1) is 0 Å². The van der Waals surface area contributed by atoms with Crippen molar-refractivity contribution in [3.8, 4) is 11.1 Å². The lowest BCUT2D eigenvalue weighted by atomic mass is 9.87. The maximum Gasteiger partial charge on any atom is 0.251 e. The van der Waals surface area contributed by atoms with Crippen molar-refractivity contribution < 1.29 is 14.4 Å². The van der Waals surface area contributed by atoms with Crippen LogP contribution in [-0.2, 0) is 9.59 Å². The Morgan fingerprint density at radius 1 is 1.12 bits per heavy atom. The van der Waals surface area contributed by atoms with Crippen LogP contribution in [-0.4, -0.2) is 36.2 Å². The molecule has 5 nitrogen and oxygen atoms in total. The van der Waals surface area contributed by atoms with Crippen LogP contribution < -0.4 is 5.32 Å². The molecule has 2 aromatic carbocycles. The summed E-state index contributed by atoms with van der Waals surface area (Å²) < 4.78 is 0. The molecule has 0 aliphatic carbocycles. The molecule has 0 saturated carbocycles. The van der Waals surface area contributed by atoms with E-state index in [4.69, 9.17) is 0 Å². The van der Waals surface area contributed by atoms with Gasteiger partial charge < -0.3 is 5.32 Å². The number of benzene rings is 2. The number of likely N-dealkylation sites (N-methyl/N-ethyl adjacent to an activating group) is 1. The Bertz CT molecular complexity index is 830. The predicted octanol–water partition coefficient (Wildman–Crippen LogP) is 2.58. The van der Waals surface area contributed by atoms with Gasteiger partial charge in [0.1, 0.15) is 0 Å². The van der Waals surface area contributed by atoms with Crippen molar-refractivity contribution in [2.75, 3.05) is 13.6 Å². The summed E-state index contributed by atoms with van der Waals surface area (Å²) in [6, 6.07) is 15.0. The standard InChI is InChI=1S/C20H20N2O3/c1-3-22-17(23)12-16(20(22)25)15-11-7-10-14(18(15)19(24)21-2)13-8-5-4-6-9-13/h4-11,16H,3,12H2,1-2H3,(H,21,24). The van der Waals surface area contributed by atoms with Gasteiger partial charge in [-0.1, -0.05) is 48.5 Å². The van der Waals surface area contributed by atoms with Gasteiger partial charge in [-0.2, -0.15) is 0 Å². The van der Waals surface area contributed by atoms with Gasteiger partial charge >= 0.3 is 0 Å². The van der Waals surface area contributed by atoms with E-state index in [0.29, 0.717) is 17.7 Å². The molecule has 25 heavy (non-hydrogen) atoms. The fourth-order valence-electron chi connectivity index (χ4n) is 3.36. The van der Waals surface area contributed by atoms with Crippen molar-refractivity contribution >= 4 is 17.7 Å². The van der Waals surface area contributed by atoms with Gasteiger partial charge in [-0.3, -0.25) is 19.3 Å². The number of hydrogen-bond acceptors (Lipinski definition) is 3. The summed E-state index contributed by atoms with van der Waals surface area (Å²) in [4.78, 5) is 38.6. The summed E-state index contributed by atoms with van der Waals surface area (Å²) >= 11 is 0. The van der Waals surface area contributed by atoms with Gasteiger partial charge in [0.2, 0.25) is 11.8 Å². The van der Waals surface area contributed by atoms with E-state index in [0.717, 1.165) is 11.1 Å². The smallest absolute Gasteiger partial charge is 0.251 e. The van der Waals surface area contributed by atoms with E-state index >= 15 is 0 Å². The van der Waals surface area contributed by atoms with Crippen LogP contribution in [0.3, 0.4) is 0 Å². The van der Waals surface area contributed by atoms with E-state index in [1.165, 1.54) is 4.90 Å².